The number of hydrogen-bond donors (Lipinski definition) is 4. The molecule has 6 nitrogen and oxygen atoms in total. The van der Waals surface area contributed by atoms with Gasteiger partial charge in [0.25, 0.3) is 0 Å². The molecule has 2 atom stereocenters. The van der Waals surface area contributed by atoms with E-state index in [1.807, 2.05) is 0 Å². The largest absolute Gasteiger partial charge is 0.389 e. The predicted molar refractivity (Wildman–Crippen MR) is 117 cm³/mol. The van der Waals surface area contributed by atoms with E-state index in [1.54, 1.807) is 0 Å². The topological polar surface area (TPSA) is 83.0 Å². The number of nitrogens with one attached hydrogen (secondary N) is 2. The SMILES string of the molecule is CCCCCCCOC[C@H](O)CNCCNC[C@@H](O)COCCCCCCC. The minimum atomic E-state index is -0.466. The summed E-state index contributed by atoms with van der Waals surface area (Å²) >= 11 is 0. The summed E-state index contributed by atoms with van der Waals surface area (Å²) in [6, 6.07) is 0. The third-order valence-electron chi connectivity index (χ3n) is 4.64. The van der Waals surface area contributed by atoms with Crippen molar-refractivity contribution in [1.82, 2.24) is 10.6 Å². The first kappa shape index (κ1) is 27.8. The van der Waals surface area contributed by atoms with Crippen molar-refractivity contribution in [1.29, 1.82) is 0 Å². The average Bonchev–Trinajstić information content (AvgIpc) is 2.69. The highest BCUT2D eigenvalue weighted by atomic mass is 16.5. The Hall–Kier alpha value is -0.240. The maximum atomic E-state index is 9.86. The molecule has 0 unspecified atom stereocenters. The first-order valence-electron chi connectivity index (χ1n) is 11.6. The number of ether oxygens (including phenoxy) is 2. The van der Waals surface area contributed by atoms with Gasteiger partial charge in [-0.05, 0) is 12.8 Å². The van der Waals surface area contributed by atoms with Crippen LogP contribution in [-0.4, -0.2) is 75.0 Å². The van der Waals surface area contributed by atoms with Crippen molar-refractivity contribution in [3.8, 4) is 0 Å². The van der Waals surface area contributed by atoms with Crippen LogP contribution in [-0.2, 0) is 9.47 Å². The zero-order chi connectivity index (χ0) is 20.7. The summed E-state index contributed by atoms with van der Waals surface area (Å²) in [5, 5.41) is 26.1. The fourth-order valence-electron chi connectivity index (χ4n) is 2.89. The lowest BCUT2D eigenvalue weighted by Gasteiger charge is -2.14. The van der Waals surface area contributed by atoms with E-state index >= 15 is 0 Å². The molecule has 0 aliphatic rings. The van der Waals surface area contributed by atoms with Crippen LogP contribution in [0.2, 0.25) is 0 Å². The van der Waals surface area contributed by atoms with Gasteiger partial charge >= 0.3 is 0 Å². The zero-order valence-corrected chi connectivity index (χ0v) is 18.6. The van der Waals surface area contributed by atoms with E-state index in [1.165, 1.54) is 51.4 Å². The molecule has 4 N–H and O–H groups in total. The Labute approximate surface area is 173 Å². The van der Waals surface area contributed by atoms with Crippen molar-refractivity contribution in [3.63, 3.8) is 0 Å². The van der Waals surface area contributed by atoms with Crippen LogP contribution < -0.4 is 10.6 Å². The lowest BCUT2D eigenvalue weighted by Crippen LogP contribution is -2.37. The molecule has 0 aromatic heterocycles. The second kappa shape index (κ2) is 23.0. The van der Waals surface area contributed by atoms with Gasteiger partial charge in [0.05, 0.1) is 25.4 Å². The second-order valence-electron chi connectivity index (χ2n) is 7.69. The molecule has 0 saturated carbocycles. The summed E-state index contributed by atoms with van der Waals surface area (Å²) in [5.41, 5.74) is 0. The van der Waals surface area contributed by atoms with E-state index in [2.05, 4.69) is 24.5 Å². The van der Waals surface area contributed by atoms with Gasteiger partial charge in [-0.15, -0.1) is 0 Å². The third-order valence-corrected chi connectivity index (χ3v) is 4.64. The maximum absolute atomic E-state index is 9.86. The highest BCUT2D eigenvalue weighted by Crippen LogP contribution is 2.03. The van der Waals surface area contributed by atoms with Crippen molar-refractivity contribution < 1.29 is 19.7 Å². The monoisotopic (exact) mass is 404 g/mol. The lowest BCUT2D eigenvalue weighted by molar-refractivity contribution is 0.0339. The van der Waals surface area contributed by atoms with Gasteiger partial charge in [0.2, 0.25) is 0 Å². The van der Waals surface area contributed by atoms with Crippen molar-refractivity contribution in [2.45, 2.75) is 90.3 Å². The number of hydrogen-bond acceptors (Lipinski definition) is 6. The molecule has 0 spiro atoms. The van der Waals surface area contributed by atoms with Crippen LogP contribution in [0.15, 0.2) is 0 Å². The molecular formula is C22H48N2O4. The molecule has 0 fully saturated rings. The van der Waals surface area contributed by atoms with Crippen LogP contribution in [0, 0.1) is 0 Å². The summed E-state index contributed by atoms with van der Waals surface area (Å²) < 4.78 is 11.0. The molecule has 0 aromatic rings. The van der Waals surface area contributed by atoms with Gasteiger partial charge in [0.1, 0.15) is 0 Å². The summed E-state index contributed by atoms with van der Waals surface area (Å²) in [7, 11) is 0. The normalized spacial score (nSPS) is 13.7. The standard InChI is InChI=1S/C22H48N2O4/c1-3-5-7-9-11-15-27-19-21(25)17-23-13-14-24-18-22(26)20-28-16-12-10-8-6-4-2/h21-26H,3-20H2,1-2H3/t21-,22-/m1/s1. The molecule has 0 amide bonds. The lowest BCUT2D eigenvalue weighted by atomic mass is 10.2. The first-order chi connectivity index (χ1) is 13.7. The Morgan fingerprint density at radius 1 is 0.607 bits per heavy atom. The van der Waals surface area contributed by atoms with Gasteiger partial charge in [-0.2, -0.15) is 0 Å². The number of rotatable bonds is 23. The summed E-state index contributed by atoms with van der Waals surface area (Å²) in [6.45, 7) is 9.24. The van der Waals surface area contributed by atoms with E-state index in [-0.39, 0.29) is 0 Å². The van der Waals surface area contributed by atoms with Gasteiger partial charge in [-0.3, -0.25) is 0 Å². The fourth-order valence-corrected chi connectivity index (χ4v) is 2.89. The second-order valence-corrected chi connectivity index (χ2v) is 7.69. The summed E-state index contributed by atoms with van der Waals surface area (Å²) in [6.07, 6.45) is 11.3. The summed E-state index contributed by atoms with van der Waals surface area (Å²) in [4.78, 5) is 0. The Balaban J connectivity index is 3.25. The Kier molecular flexibility index (Phi) is 22.8. The van der Waals surface area contributed by atoms with E-state index in [0.29, 0.717) is 26.3 Å². The smallest absolute Gasteiger partial charge is 0.0897 e. The zero-order valence-electron chi connectivity index (χ0n) is 18.6. The minimum absolute atomic E-state index is 0.392. The highest BCUT2D eigenvalue weighted by Gasteiger charge is 2.05. The first-order valence-corrected chi connectivity index (χ1v) is 11.6. The van der Waals surface area contributed by atoms with Crippen LogP contribution in [0.3, 0.4) is 0 Å². The third kappa shape index (κ3) is 22.1. The average molecular weight is 405 g/mol. The molecule has 0 heterocycles. The minimum Gasteiger partial charge on any atom is -0.389 e. The van der Waals surface area contributed by atoms with Gasteiger partial charge in [0.15, 0.2) is 0 Å². The molecule has 28 heavy (non-hydrogen) atoms. The van der Waals surface area contributed by atoms with Gasteiger partial charge in [-0.1, -0.05) is 65.2 Å². The number of aliphatic hydroxyl groups is 2. The van der Waals surface area contributed by atoms with E-state index in [9.17, 15) is 10.2 Å². The van der Waals surface area contributed by atoms with E-state index < -0.39 is 12.2 Å². The number of aliphatic hydroxyl groups excluding tert-OH is 2. The van der Waals surface area contributed by atoms with Gasteiger partial charge in [-0.25, -0.2) is 0 Å². The predicted octanol–water partition coefficient (Wildman–Crippen LogP) is 2.86. The Morgan fingerprint density at radius 3 is 1.39 bits per heavy atom. The molecule has 170 valence electrons. The van der Waals surface area contributed by atoms with E-state index in [4.69, 9.17) is 9.47 Å². The van der Waals surface area contributed by atoms with Gasteiger partial charge < -0.3 is 30.3 Å². The molecule has 0 aromatic carbocycles. The van der Waals surface area contributed by atoms with Crippen LogP contribution in [0.1, 0.15) is 78.1 Å². The van der Waals surface area contributed by atoms with Crippen LogP contribution in [0.25, 0.3) is 0 Å². The van der Waals surface area contributed by atoms with Crippen LogP contribution in [0.5, 0.6) is 0 Å². The fraction of sp³-hybridized carbons (Fsp3) is 1.00. The molecule has 0 aliphatic heterocycles. The van der Waals surface area contributed by atoms with Crippen molar-refractivity contribution in [2.75, 3.05) is 52.6 Å². The van der Waals surface area contributed by atoms with Crippen molar-refractivity contribution in [2.24, 2.45) is 0 Å². The Bertz CT molecular complexity index is 268. The maximum Gasteiger partial charge on any atom is 0.0897 e. The van der Waals surface area contributed by atoms with Crippen LogP contribution >= 0.6 is 0 Å². The Morgan fingerprint density at radius 2 is 1.00 bits per heavy atom. The number of unbranched alkanes of at least 4 members (excludes halogenated alkanes) is 8. The molecule has 0 saturated heterocycles. The van der Waals surface area contributed by atoms with Crippen molar-refractivity contribution >= 4 is 0 Å². The molecule has 6 heteroatoms. The molecular weight excluding hydrogens is 356 g/mol. The van der Waals surface area contributed by atoms with Crippen molar-refractivity contribution in [3.05, 3.63) is 0 Å². The quantitative estimate of drug-likeness (QED) is 0.196. The van der Waals surface area contributed by atoms with E-state index in [0.717, 1.165) is 39.1 Å². The van der Waals surface area contributed by atoms with Gasteiger partial charge in [0, 0.05) is 39.4 Å². The summed E-state index contributed by atoms with van der Waals surface area (Å²) in [5.74, 6) is 0. The molecule has 0 aliphatic carbocycles. The molecule has 0 radical (unpaired) electrons. The molecule has 0 rings (SSSR count). The highest BCUT2D eigenvalue weighted by molar-refractivity contribution is 4.62. The van der Waals surface area contributed by atoms with Crippen LogP contribution in [0.4, 0.5) is 0 Å². The molecule has 0 bridgehead atoms.